The van der Waals surface area contributed by atoms with Crippen molar-refractivity contribution >= 4 is 35.0 Å². The molecular weight excluding hydrogens is 604 g/mol. The molecule has 0 aliphatic heterocycles. The number of methoxy groups -OCH3 is 1. The highest BCUT2D eigenvalue weighted by molar-refractivity contribution is 9.09. The normalized spacial score (nSPS) is 17.1. The number of benzene rings is 2. The second kappa shape index (κ2) is 15.4. The van der Waals surface area contributed by atoms with E-state index in [1.165, 1.54) is 0 Å². The van der Waals surface area contributed by atoms with Crippen LogP contribution >= 0.6 is 15.9 Å². The monoisotopic (exact) mass is 654 g/mol. The lowest BCUT2D eigenvalue weighted by Crippen LogP contribution is -2.53. The summed E-state index contributed by atoms with van der Waals surface area (Å²) in [5.41, 5.74) is 1.24. The standard InChI is InChI=1S/C32H51BrO5SSi/c1-24-12-18-28(19-13-24)39(35)23-29(38-40(8,9)31(3,4)5)30(33)32(6,34)20-10-11-25(2)21-37-22-26-14-16-27(36-7)17-15-26/h12-19,25,29-30,34H,10-11,20-23H2,1-9H3/t25?,29-,30+,32+,39+/m1/s1. The average Bonchev–Trinajstić information content (AvgIpc) is 2.87. The van der Waals surface area contributed by atoms with Crippen LogP contribution in [0.5, 0.6) is 5.75 Å². The average molecular weight is 656 g/mol. The van der Waals surface area contributed by atoms with Gasteiger partial charge in [-0.2, -0.15) is 0 Å². The number of hydrogen-bond donors (Lipinski definition) is 1. The van der Waals surface area contributed by atoms with E-state index in [1.807, 2.05) is 62.4 Å². The van der Waals surface area contributed by atoms with Gasteiger partial charge in [-0.25, -0.2) is 0 Å². The molecule has 8 heteroatoms. The minimum absolute atomic E-state index is 0.00354. The van der Waals surface area contributed by atoms with Crippen molar-refractivity contribution in [3.8, 4) is 5.75 Å². The Balaban J connectivity index is 1.98. The zero-order valence-electron chi connectivity index (χ0n) is 26.0. The minimum atomic E-state index is -2.18. The second-order valence-corrected chi connectivity index (χ2v) is 20.1. The van der Waals surface area contributed by atoms with Crippen LogP contribution in [0.4, 0.5) is 0 Å². The first-order chi connectivity index (χ1) is 18.6. The van der Waals surface area contributed by atoms with E-state index in [0.29, 0.717) is 31.3 Å². The molecule has 2 rings (SSSR count). The van der Waals surface area contributed by atoms with Crippen LogP contribution in [0.3, 0.4) is 0 Å². The Bertz CT molecular complexity index is 1050. The van der Waals surface area contributed by atoms with Crippen molar-refractivity contribution in [3.63, 3.8) is 0 Å². The first-order valence-corrected chi connectivity index (χ1v) is 19.4. The molecule has 0 saturated carbocycles. The van der Waals surface area contributed by atoms with Gasteiger partial charge in [0.15, 0.2) is 8.32 Å². The molecule has 5 nitrogen and oxygen atoms in total. The number of halogens is 1. The molecule has 0 saturated heterocycles. The predicted octanol–water partition coefficient (Wildman–Crippen LogP) is 8.04. The van der Waals surface area contributed by atoms with Gasteiger partial charge in [-0.15, -0.1) is 0 Å². The Morgan fingerprint density at radius 1 is 1.02 bits per heavy atom. The quantitative estimate of drug-likeness (QED) is 0.147. The maximum atomic E-state index is 13.4. The summed E-state index contributed by atoms with van der Waals surface area (Å²) in [6, 6.07) is 15.7. The van der Waals surface area contributed by atoms with Crippen molar-refractivity contribution in [2.45, 2.75) is 107 Å². The maximum absolute atomic E-state index is 13.4. The first-order valence-electron chi connectivity index (χ1n) is 14.3. The molecule has 0 aromatic heterocycles. The third-order valence-corrected chi connectivity index (χ3v) is 15.5. The van der Waals surface area contributed by atoms with Gasteiger partial charge < -0.3 is 19.0 Å². The molecule has 2 aromatic carbocycles. The largest absolute Gasteiger partial charge is 0.497 e. The maximum Gasteiger partial charge on any atom is 0.192 e. The Morgan fingerprint density at radius 2 is 1.62 bits per heavy atom. The predicted molar refractivity (Wildman–Crippen MR) is 174 cm³/mol. The van der Waals surface area contributed by atoms with Gasteiger partial charge in [0.25, 0.3) is 0 Å². The van der Waals surface area contributed by atoms with E-state index in [-0.39, 0.29) is 16.0 Å². The Hall–Kier alpha value is -1.03. The highest BCUT2D eigenvalue weighted by atomic mass is 79.9. The van der Waals surface area contributed by atoms with E-state index in [9.17, 15) is 9.32 Å². The zero-order valence-corrected chi connectivity index (χ0v) is 29.4. The third-order valence-electron chi connectivity index (χ3n) is 7.98. The van der Waals surface area contributed by atoms with E-state index in [0.717, 1.165) is 34.6 Å². The lowest BCUT2D eigenvalue weighted by Gasteiger charge is -2.43. The summed E-state index contributed by atoms with van der Waals surface area (Å²) < 4.78 is 31.4. The molecule has 0 heterocycles. The summed E-state index contributed by atoms with van der Waals surface area (Å²) >= 11 is 3.82. The third kappa shape index (κ3) is 11.0. The summed E-state index contributed by atoms with van der Waals surface area (Å²) in [6.07, 6.45) is 2.03. The molecule has 0 amide bonds. The molecule has 1 unspecified atom stereocenters. The van der Waals surface area contributed by atoms with Gasteiger partial charge in [-0.3, -0.25) is 4.21 Å². The Morgan fingerprint density at radius 3 is 2.17 bits per heavy atom. The number of ether oxygens (including phenoxy) is 2. The SMILES string of the molecule is COc1ccc(COCC(C)CCC[C@](C)(O)[C@@H](Br)[C@@H](C[S@](=O)c2ccc(C)cc2)O[Si](C)(C)C(C)(C)C)cc1. The van der Waals surface area contributed by atoms with E-state index in [1.54, 1.807) is 7.11 Å². The number of aliphatic hydroxyl groups is 1. The van der Waals surface area contributed by atoms with E-state index >= 15 is 0 Å². The fourth-order valence-corrected chi connectivity index (χ4v) is 7.81. The molecule has 0 aliphatic carbocycles. The molecular formula is C32H51BrO5SSi. The zero-order chi connectivity index (χ0) is 30.1. The van der Waals surface area contributed by atoms with Gasteiger partial charge in [-0.05, 0) is 80.6 Å². The highest BCUT2D eigenvalue weighted by Gasteiger charge is 2.44. The van der Waals surface area contributed by atoms with Crippen LogP contribution in [-0.4, -0.2) is 53.6 Å². The molecule has 0 spiro atoms. The Labute approximate surface area is 255 Å². The fourth-order valence-electron chi connectivity index (χ4n) is 4.20. The van der Waals surface area contributed by atoms with Crippen LogP contribution in [0.25, 0.3) is 0 Å². The highest BCUT2D eigenvalue weighted by Crippen LogP contribution is 2.40. The van der Waals surface area contributed by atoms with Gasteiger partial charge in [0.05, 0.1) is 46.8 Å². The van der Waals surface area contributed by atoms with Crippen LogP contribution < -0.4 is 4.74 Å². The summed E-state index contributed by atoms with van der Waals surface area (Å²) in [5.74, 6) is 1.54. The van der Waals surface area contributed by atoms with E-state index < -0.39 is 24.7 Å². The molecule has 5 atom stereocenters. The molecule has 0 radical (unpaired) electrons. The fraction of sp³-hybridized carbons (Fsp3) is 0.625. The van der Waals surface area contributed by atoms with E-state index in [4.69, 9.17) is 13.9 Å². The summed E-state index contributed by atoms with van der Waals surface area (Å²) in [5, 5.41) is 11.6. The van der Waals surface area contributed by atoms with Crippen LogP contribution in [0.2, 0.25) is 18.1 Å². The van der Waals surface area contributed by atoms with Crippen molar-refractivity contribution in [1.82, 2.24) is 0 Å². The second-order valence-electron chi connectivity index (χ2n) is 12.9. The van der Waals surface area contributed by atoms with Gasteiger partial charge in [-0.1, -0.05) is 79.9 Å². The first kappa shape index (κ1) is 35.2. The molecule has 0 fully saturated rings. The van der Waals surface area contributed by atoms with Gasteiger partial charge >= 0.3 is 0 Å². The van der Waals surface area contributed by atoms with Crippen molar-refractivity contribution in [2.24, 2.45) is 5.92 Å². The van der Waals surface area contributed by atoms with Crippen LogP contribution in [0, 0.1) is 12.8 Å². The van der Waals surface area contributed by atoms with Crippen molar-refractivity contribution < 1.29 is 23.2 Å². The number of aryl methyl sites for hydroxylation is 1. The van der Waals surface area contributed by atoms with Crippen LogP contribution in [-0.2, 0) is 26.6 Å². The summed E-state index contributed by atoms with van der Waals surface area (Å²) in [7, 11) is -1.76. The van der Waals surface area contributed by atoms with Crippen LogP contribution in [0.1, 0.15) is 65.0 Å². The summed E-state index contributed by atoms with van der Waals surface area (Å²) in [4.78, 5) is 0.433. The topological polar surface area (TPSA) is 65.0 Å². The summed E-state index contributed by atoms with van der Waals surface area (Å²) in [6.45, 7) is 18.3. The van der Waals surface area contributed by atoms with Crippen molar-refractivity contribution in [1.29, 1.82) is 0 Å². The molecule has 0 bridgehead atoms. The van der Waals surface area contributed by atoms with Crippen molar-refractivity contribution in [2.75, 3.05) is 19.5 Å². The number of alkyl halides is 1. The lowest BCUT2D eigenvalue weighted by atomic mass is 9.91. The van der Waals surface area contributed by atoms with Gasteiger partial charge in [0.2, 0.25) is 0 Å². The Kier molecular flexibility index (Phi) is 13.6. The van der Waals surface area contributed by atoms with E-state index in [2.05, 4.69) is 56.7 Å². The van der Waals surface area contributed by atoms with Crippen molar-refractivity contribution in [3.05, 3.63) is 59.7 Å². The molecule has 2 aromatic rings. The molecule has 226 valence electrons. The van der Waals surface area contributed by atoms with Gasteiger partial charge in [0, 0.05) is 11.5 Å². The number of rotatable bonds is 16. The lowest BCUT2D eigenvalue weighted by molar-refractivity contribution is 0.0127. The van der Waals surface area contributed by atoms with Gasteiger partial charge in [0.1, 0.15) is 5.75 Å². The molecule has 40 heavy (non-hydrogen) atoms. The van der Waals surface area contributed by atoms with Crippen LogP contribution in [0.15, 0.2) is 53.4 Å². The molecule has 1 N–H and O–H groups in total. The minimum Gasteiger partial charge on any atom is -0.497 e. The number of hydrogen-bond acceptors (Lipinski definition) is 5. The smallest absolute Gasteiger partial charge is 0.192 e. The molecule has 0 aliphatic rings.